The SMILES string of the molecule is CC(C)NCCN(C)C(C)CC#N. The number of nitrogens with zero attached hydrogens (tertiary/aromatic N) is 2. The molecule has 0 amide bonds. The number of rotatable bonds is 6. The lowest BCUT2D eigenvalue weighted by Crippen LogP contribution is -2.37. The number of hydrogen-bond acceptors (Lipinski definition) is 3. The van der Waals surface area contributed by atoms with Crippen LogP contribution in [-0.2, 0) is 0 Å². The van der Waals surface area contributed by atoms with Gasteiger partial charge in [-0.15, -0.1) is 0 Å². The van der Waals surface area contributed by atoms with E-state index in [0.717, 1.165) is 13.1 Å². The van der Waals surface area contributed by atoms with Gasteiger partial charge >= 0.3 is 0 Å². The van der Waals surface area contributed by atoms with Crippen LogP contribution in [0.2, 0.25) is 0 Å². The molecule has 1 unspecified atom stereocenters. The maximum absolute atomic E-state index is 8.51. The first-order valence-electron chi connectivity index (χ1n) is 4.88. The summed E-state index contributed by atoms with van der Waals surface area (Å²) in [6, 6.07) is 3.09. The summed E-state index contributed by atoms with van der Waals surface area (Å²) in [6.45, 7) is 8.35. The summed E-state index contributed by atoms with van der Waals surface area (Å²) in [6.07, 6.45) is 0.609. The van der Waals surface area contributed by atoms with E-state index in [2.05, 4.69) is 44.1 Å². The highest BCUT2D eigenvalue weighted by Crippen LogP contribution is 1.98. The second-order valence-corrected chi connectivity index (χ2v) is 3.80. The normalized spacial score (nSPS) is 13.3. The third-order valence-corrected chi connectivity index (χ3v) is 2.16. The van der Waals surface area contributed by atoms with Crippen LogP contribution in [0.25, 0.3) is 0 Å². The molecule has 0 aliphatic heterocycles. The minimum Gasteiger partial charge on any atom is -0.313 e. The van der Waals surface area contributed by atoms with Crippen molar-refractivity contribution in [3.63, 3.8) is 0 Å². The monoisotopic (exact) mass is 183 g/mol. The van der Waals surface area contributed by atoms with E-state index < -0.39 is 0 Å². The molecule has 0 aromatic carbocycles. The van der Waals surface area contributed by atoms with Gasteiger partial charge in [0.2, 0.25) is 0 Å². The number of likely N-dealkylation sites (N-methyl/N-ethyl adjacent to an activating group) is 1. The van der Waals surface area contributed by atoms with Crippen molar-refractivity contribution < 1.29 is 0 Å². The Kier molecular flexibility index (Phi) is 6.56. The molecule has 0 aliphatic rings. The lowest BCUT2D eigenvalue weighted by Gasteiger charge is -2.23. The fraction of sp³-hybridized carbons (Fsp3) is 0.900. The summed E-state index contributed by atoms with van der Waals surface area (Å²) < 4.78 is 0. The highest BCUT2D eigenvalue weighted by molar-refractivity contribution is 4.78. The molecule has 1 N–H and O–H groups in total. The van der Waals surface area contributed by atoms with Crippen molar-refractivity contribution in [1.29, 1.82) is 5.26 Å². The van der Waals surface area contributed by atoms with Gasteiger partial charge in [0.15, 0.2) is 0 Å². The molecule has 0 bridgehead atoms. The molecule has 3 heteroatoms. The fourth-order valence-electron chi connectivity index (χ4n) is 1.04. The molecule has 0 saturated heterocycles. The minimum atomic E-state index is 0.360. The Labute approximate surface area is 81.7 Å². The van der Waals surface area contributed by atoms with Crippen LogP contribution in [0.1, 0.15) is 27.2 Å². The molecule has 0 saturated carbocycles. The smallest absolute Gasteiger partial charge is 0.0638 e. The molecule has 1 atom stereocenters. The zero-order valence-electron chi connectivity index (χ0n) is 9.17. The Morgan fingerprint density at radius 3 is 2.46 bits per heavy atom. The summed E-state index contributed by atoms with van der Waals surface area (Å²) in [7, 11) is 2.06. The van der Waals surface area contributed by atoms with E-state index in [1.54, 1.807) is 0 Å². The van der Waals surface area contributed by atoms with E-state index in [4.69, 9.17) is 5.26 Å². The van der Waals surface area contributed by atoms with Gasteiger partial charge in [0.25, 0.3) is 0 Å². The lowest BCUT2D eigenvalue weighted by molar-refractivity contribution is 0.258. The molecule has 76 valence electrons. The molecule has 0 spiro atoms. The Balaban J connectivity index is 3.50. The van der Waals surface area contributed by atoms with E-state index in [1.165, 1.54) is 0 Å². The average molecular weight is 183 g/mol. The van der Waals surface area contributed by atoms with Crippen LogP contribution < -0.4 is 5.32 Å². The largest absolute Gasteiger partial charge is 0.313 e. The van der Waals surface area contributed by atoms with Gasteiger partial charge in [-0.1, -0.05) is 13.8 Å². The van der Waals surface area contributed by atoms with Crippen LogP contribution >= 0.6 is 0 Å². The molecule has 0 radical (unpaired) electrons. The summed E-state index contributed by atoms with van der Waals surface area (Å²) >= 11 is 0. The fourth-order valence-corrected chi connectivity index (χ4v) is 1.04. The quantitative estimate of drug-likeness (QED) is 0.673. The minimum absolute atomic E-state index is 0.360. The highest BCUT2D eigenvalue weighted by atomic mass is 15.1. The zero-order chi connectivity index (χ0) is 10.3. The van der Waals surface area contributed by atoms with Gasteiger partial charge in [0.1, 0.15) is 0 Å². The zero-order valence-corrected chi connectivity index (χ0v) is 9.17. The van der Waals surface area contributed by atoms with Gasteiger partial charge in [-0.2, -0.15) is 5.26 Å². The van der Waals surface area contributed by atoms with Gasteiger partial charge in [-0.25, -0.2) is 0 Å². The number of nitrogens with one attached hydrogen (secondary N) is 1. The van der Waals surface area contributed by atoms with Crippen molar-refractivity contribution in [3.8, 4) is 6.07 Å². The predicted molar refractivity (Wildman–Crippen MR) is 55.5 cm³/mol. The Bertz CT molecular complexity index is 160. The molecule has 0 heterocycles. The maximum atomic E-state index is 8.51. The summed E-state index contributed by atoms with van der Waals surface area (Å²) in [4.78, 5) is 2.21. The Hall–Kier alpha value is -0.590. The van der Waals surface area contributed by atoms with E-state index >= 15 is 0 Å². The molecular formula is C10H21N3. The van der Waals surface area contributed by atoms with Crippen LogP contribution in [0.15, 0.2) is 0 Å². The van der Waals surface area contributed by atoms with Crippen LogP contribution in [-0.4, -0.2) is 37.1 Å². The topological polar surface area (TPSA) is 39.1 Å². The van der Waals surface area contributed by atoms with E-state index in [9.17, 15) is 0 Å². The number of hydrogen-bond donors (Lipinski definition) is 1. The Morgan fingerprint density at radius 1 is 1.38 bits per heavy atom. The summed E-state index contributed by atoms with van der Waals surface area (Å²) in [5.74, 6) is 0. The van der Waals surface area contributed by atoms with Crippen molar-refractivity contribution in [1.82, 2.24) is 10.2 Å². The average Bonchev–Trinajstić information content (AvgIpc) is 2.04. The van der Waals surface area contributed by atoms with Gasteiger partial charge < -0.3 is 10.2 Å². The second kappa shape index (κ2) is 6.88. The number of nitriles is 1. The lowest BCUT2D eigenvalue weighted by atomic mass is 10.2. The first kappa shape index (κ1) is 12.4. The second-order valence-electron chi connectivity index (χ2n) is 3.80. The van der Waals surface area contributed by atoms with Crippen LogP contribution in [0.4, 0.5) is 0 Å². The van der Waals surface area contributed by atoms with Crippen molar-refractivity contribution in [2.24, 2.45) is 0 Å². The van der Waals surface area contributed by atoms with E-state index in [1.807, 2.05) is 0 Å². The van der Waals surface area contributed by atoms with E-state index in [-0.39, 0.29) is 0 Å². The summed E-state index contributed by atoms with van der Waals surface area (Å²) in [5, 5.41) is 11.9. The molecule has 0 aliphatic carbocycles. The predicted octanol–water partition coefficient (Wildman–Crippen LogP) is 1.22. The first-order valence-corrected chi connectivity index (χ1v) is 4.88. The first-order chi connectivity index (χ1) is 6.07. The summed E-state index contributed by atoms with van der Waals surface area (Å²) in [5.41, 5.74) is 0. The third kappa shape index (κ3) is 6.56. The maximum Gasteiger partial charge on any atom is 0.0638 e. The molecule has 0 fully saturated rings. The van der Waals surface area contributed by atoms with Crippen molar-refractivity contribution in [2.45, 2.75) is 39.3 Å². The van der Waals surface area contributed by atoms with Gasteiger partial charge in [-0.3, -0.25) is 0 Å². The van der Waals surface area contributed by atoms with Gasteiger partial charge in [0.05, 0.1) is 12.5 Å². The molecule has 0 rings (SSSR count). The van der Waals surface area contributed by atoms with Crippen LogP contribution in [0, 0.1) is 11.3 Å². The molecule has 3 nitrogen and oxygen atoms in total. The highest BCUT2D eigenvalue weighted by Gasteiger charge is 2.07. The van der Waals surface area contributed by atoms with E-state index in [0.29, 0.717) is 18.5 Å². The van der Waals surface area contributed by atoms with Crippen LogP contribution in [0.5, 0.6) is 0 Å². The Morgan fingerprint density at radius 2 is 2.00 bits per heavy atom. The van der Waals surface area contributed by atoms with Crippen molar-refractivity contribution in [2.75, 3.05) is 20.1 Å². The van der Waals surface area contributed by atoms with Crippen molar-refractivity contribution in [3.05, 3.63) is 0 Å². The molecule has 13 heavy (non-hydrogen) atoms. The molecular weight excluding hydrogens is 162 g/mol. The van der Waals surface area contributed by atoms with Gasteiger partial charge in [0, 0.05) is 25.2 Å². The van der Waals surface area contributed by atoms with Crippen molar-refractivity contribution >= 4 is 0 Å². The molecule has 0 aromatic rings. The molecule has 0 aromatic heterocycles. The van der Waals surface area contributed by atoms with Crippen LogP contribution in [0.3, 0.4) is 0 Å². The third-order valence-electron chi connectivity index (χ3n) is 2.16. The standard InChI is InChI=1S/C10H21N3/c1-9(2)12-7-8-13(4)10(3)5-6-11/h9-10,12H,5,7-8H2,1-4H3. The van der Waals surface area contributed by atoms with Gasteiger partial charge in [-0.05, 0) is 14.0 Å².